The molecule has 4 aromatic rings. The summed E-state index contributed by atoms with van der Waals surface area (Å²) in [6.45, 7) is 4.15. The van der Waals surface area contributed by atoms with Crippen molar-refractivity contribution < 1.29 is 28.8 Å². The van der Waals surface area contributed by atoms with Gasteiger partial charge in [0.2, 0.25) is 5.88 Å². The van der Waals surface area contributed by atoms with Crippen LogP contribution in [0.15, 0.2) is 48.5 Å². The van der Waals surface area contributed by atoms with E-state index in [2.05, 4.69) is 21.6 Å². The Morgan fingerprint density at radius 3 is 2.71 bits per heavy atom. The van der Waals surface area contributed by atoms with Gasteiger partial charge in [-0.1, -0.05) is 12.1 Å². The maximum absolute atomic E-state index is 11.8. The van der Waals surface area contributed by atoms with E-state index in [1.807, 2.05) is 18.2 Å². The number of methoxy groups -OCH3 is 2. The lowest BCUT2D eigenvalue weighted by atomic mass is 9.91. The zero-order valence-corrected chi connectivity index (χ0v) is 25.4. The van der Waals surface area contributed by atoms with Gasteiger partial charge in [0.05, 0.1) is 61.8 Å². The van der Waals surface area contributed by atoms with Gasteiger partial charge in [-0.05, 0) is 62.1 Å². The summed E-state index contributed by atoms with van der Waals surface area (Å²) in [5.41, 5.74) is 4.11. The van der Waals surface area contributed by atoms with Gasteiger partial charge in [0.25, 0.3) is 0 Å². The number of nitriles is 1. The number of carboxylic acid groups (broad SMARTS) is 1. The molecule has 2 unspecified atom stereocenters. The molecule has 11 nitrogen and oxygen atoms in total. The van der Waals surface area contributed by atoms with Crippen molar-refractivity contribution in [2.45, 2.75) is 50.5 Å². The van der Waals surface area contributed by atoms with Crippen molar-refractivity contribution in [3.8, 4) is 23.4 Å². The molecule has 2 saturated heterocycles. The lowest BCUT2D eigenvalue weighted by Crippen LogP contribution is -2.37. The van der Waals surface area contributed by atoms with Gasteiger partial charge in [-0.3, -0.25) is 4.90 Å². The number of carbonyl (C=O) groups is 1. The van der Waals surface area contributed by atoms with E-state index < -0.39 is 5.97 Å². The van der Waals surface area contributed by atoms with Crippen LogP contribution in [0.3, 0.4) is 0 Å². The number of benzene rings is 2. The Balaban J connectivity index is 1.06. The summed E-state index contributed by atoms with van der Waals surface area (Å²) in [6, 6.07) is 16.7. The van der Waals surface area contributed by atoms with E-state index in [1.54, 1.807) is 32.4 Å². The van der Waals surface area contributed by atoms with E-state index in [9.17, 15) is 15.2 Å². The van der Waals surface area contributed by atoms with Crippen molar-refractivity contribution in [1.29, 1.82) is 5.26 Å². The Morgan fingerprint density at radius 1 is 1.16 bits per heavy atom. The molecule has 7 rings (SSSR count). The van der Waals surface area contributed by atoms with E-state index >= 15 is 0 Å². The van der Waals surface area contributed by atoms with Gasteiger partial charge in [0.1, 0.15) is 29.4 Å². The fourth-order valence-corrected chi connectivity index (χ4v) is 6.81. The molecule has 0 radical (unpaired) electrons. The summed E-state index contributed by atoms with van der Waals surface area (Å²) < 4.78 is 25.0. The van der Waals surface area contributed by atoms with E-state index in [-0.39, 0.29) is 17.1 Å². The highest BCUT2D eigenvalue weighted by atomic mass is 16.5. The van der Waals surface area contributed by atoms with Gasteiger partial charge in [-0.2, -0.15) is 5.26 Å². The van der Waals surface area contributed by atoms with Crippen molar-refractivity contribution in [2.75, 3.05) is 33.9 Å². The molecule has 232 valence electrons. The summed E-state index contributed by atoms with van der Waals surface area (Å²) in [5.74, 6) is 2.03. The number of pyridine rings is 1. The van der Waals surface area contributed by atoms with Crippen LogP contribution in [-0.4, -0.2) is 70.5 Å². The number of likely N-dealkylation sites (tertiary alicyclic amines) is 1. The van der Waals surface area contributed by atoms with Crippen molar-refractivity contribution in [3.05, 3.63) is 76.7 Å². The standard InChI is InChI=1S/C34H35N5O6/c1-42-27-12-21(16-35)6-7-22(27)20-45-31-5-3-4-29(36-31)34-9-10-38(17-24(34)15-34)19-30-37-32-26(39(30)18-25-8-11-44-25)13-23(33(40)41)14-28(32)43-2/h3-7,12-14,24-25H,8-11,15,17-20H2,1-2H3,(H,40,41)/t24?,25-,34?/m0/s1. The van der Waals surface area contributed by atoms with Crippen molar-refractivity contribution >= 4 is 17.0 Å². The van der Waals surface area contributed by atoms with Gasteiger partial charge in [-0.15, -0.1) is 0 Å². The number of ether oxygens (including phenoxy) is 4. The lowest BCUT2D eigenvalue weighted by molar-refractivity contribution is -0.0592. The van der Waals surface area contributed by atoms with Gasteiger partial charge in [-0.25, -0.2) is 14.8 Å². The average molecular weight is 610 g/mol. The lowest BCUT2D eigenvalue weighted by Gasteiger charge is -2.32. The molecular weight excluding hydrogens is 574 g/mol. The summed E-state index contributed by atoms with van der Waals surface area (Å²) >= 11 is 0. The number of hydrogen-bond donors (Lipinski definition) is 1. The first-order valence-electron chi connectivity index (χ1n) is 15.2. The number of imidazole rings is 1. The Labute approximate surface area is 260 Å². The Bertz CT molecular complexity index is 1810. The zero-order valence-electron chi connectivity index (χ0n) is 25.4. The first kappa shape index (κ1) is 29.1. The van der Waals surface area contributed by atoms with E-state index in [0.717, 1.165) is 61.6 Å². The fourth-order valence-electron chi connectivity index (χ4n) is 6.81. The molecule has 3 atom stereocenters. The molecule has 3 aliphatic rings. The van der Waals surface area contributed by atoms with Crippen molar-refractivity contribution in [2.24, 2.45) is 5.92 Å². The third-order valence-electron chi connectivity index (χ3n) is 9.52. The summed E-state index contributed by atoms with van der Waals surface area (Å²) in [5, 5.41) is 18.9. The predicted molar refractivity (Wildman–Crippen MR) is 164 cm³/mol. The molecule has 0 bridgehead atoms. The van der Waals surface area contributed by atoms with Crippen LogP contribution in [0.25, 0.3) is 11.0 Å². The minimum Gasteiger partial charge on any atom is -0.496 e. The molecule has 4 heterocycles. The number of carboxylic acids is 1. The zero-order chi connectivity index (χ0) is 31.1. The Hall–Kier alpha value is -4.66. The molecule has 45 heavy (non-hydrogen) atoms. The van der Waals surface area contributed by atoms with Crippen molar-refractivity contribution in [1.82, 2.24) is 19.4 Å². The number of fused-ring (bicyclic) bond motifs is 2. The predicted octanol–water partition coefficient (Wildman–Crippen LogP) is 4.55. The monoisotopic (exact) mass is 609 g/mol. The van der Waals surface area contributed by atoms with Crippen LogP contribution in [0.4, 0.5) is 0 Å². The van der Waals surface area contributed by atoms with Crippen LogP contribution < -0.4 is 14.2 Å². The number of hydrogen-bond acceptors (Lipinski definition) is 9. The highest BCUT2D eigenvalue weighted by Gasteiger charge is 2.58. The van der Waals surface area contributed by atoms with E-state index in [1.165, 1.54) is 6.07 Å². The largest absolute Gasteiger partial charge is 0.496 e. The van der Waals surface area contributed by atoms with Crippen LogP contribution in [0.5, 0.6) is 17.4 Å². The summed E-state index contributed by atoms with van der Waals surface area (Å²) in [6.07, 6.45) is 3.12. The smallest absolute Gasteiger partial charge is 0.335 e. The minimum atomic E-state index is -0.998. The second kappa shape index (κ2) is 11.7. The maximum atomic E-state index is 11.8. The summed E-state index contributed by atoms with van der Waals surface area (Å²) in [4.78, 5) is 24.2. The quantitative estimate of drug-likeness (QED) is 0.258. The first-order valence-corrected chi connectivity index (χ1v) is 15.2. The molecule has 0 spiro atoms. The second-order valence-corrected chi connectivity index (χ2v) is 12.1. The second-order valence-electron chi connectivity index (χ2n) is 12.1. The maximum Gasteiger partial charge on any atom is 0.335 e. The topological polar surface area (TPSA) is 132 Å². The van der Waals surface area contributed by atoms with Crippen LogP contribution in [0, 0.1) is 17.2 Å². The Morgan fingerprint density at radius 2 is 2.00 bits per heavy atom. The highest BCUT2D eigenvalue weighted by molar-refractivity contribution is 5.95. The SMILES string of the molecule is COc1cc(C#N)ccc1COc1cccc(C23CCN(Cc4nc5c(OC)cc(C(=O)O)cc5n4C[C@@H]4CCO4)CC2C3)n1. The third kappa shape index (κ3) is 5.45. The number of aromatic carboxylic acids is 1. The van der Waals surface area contributed by atoms with Gasteiger partial charge in [0.15, 0.2) is 0 Å². The Kier molecular flexibility index (Phi) is 7.55. The van der Waals surface area contributed by atoms with Gasteiger partial charge in [0, 0.05) is 30.2 Å². The van der Waals surface area contributed by atoms with Gasteiger partial charge < -0.3 is 28.6 Å². The average Bonchev–Trinajstić information content (AvgIpc) is 3.68. The third-order valence-corrected chi connectivity index (χ3v) is 9.52. The fraction of sp³-hybridized carbons (Fsp3) is 0.412. The minimum absolute atomic E-state index is 0.0432. The molecule has 3 fully saturated rings. The molecular formula is C34H35N5O6. The van der Waals surface area contributed by atoms with Crippen LogP contribution in [-0.2, 0) is 29.8 Å². The van der Waals surface area contributed by atoms with E-state index in [0.29, 0.717) is 54.1 Å². The molecule has 2 aromatic carbocycles. The highest BCUT2D eigenvalue weighted by Crippen LogP contribution is 2.59. The van der Waals surface area contributed by atoms with Gasteiger partial charge >= 0.3 is 5.97 Å². The molecule has 1 N–H and O–H groups in total. The molecule has 2 aliphatic heterocycles. The van der Waals surface area contributed by atoms with Crippen molar-refractivity contribution in [3.63, 3.8) is 0 Å². The van der Waals surface area contributed by atoms with Crippen LogP contribution >= 0.6 is 0 Å². The van der Waals surface area contributed by atoms with Crippen LogP contribution in [0.1, 0.15) is 52.3 Å². The first-order chi connectivity index (χ1) is 21.9. The van der Waals surface area contributed by atoms with E-state index in [4.69, 9.17) is 28.9 Å². The molecule has 0 amide bonds. The molecule has 11 heteroatoms. The molecule has 1 aliphatic carbocycles. The number of rotatable bonds is 11. The van der Waals surface area contributed by atoms with Crippen LogP contribution in [0.2, 0.25) is 0 Å². The molecule has 1 saturated carbocycles. The molecule has 2 aromatic heterocycles. The number of nitrogens with zero attached hydrogens (tertiary/aromatic N) is 5. The summed E-state index contributed by atoms with van der Waals surface area (Å²) in [7, 11) is 3.13. The number of piperidine rings is 1. The normalized spacial score (nSPS) is 22.2. The number of aromatic nitrogens is 3.